The molecule has 0 radical (unpaired) electrons. The molecule has 0 spiro atoms. The highest BCUT2D eigenvalue weighted by Gasteiger charge is 2.22. The van der Waals surface area contributed by atoms with Crippen LogP contribution in [0.1, 0.15) is 34.0 Å². The summed E-state index contributed by atoms with van der Waals surface area (Å²) >= 11 is 0. The molecule has 0 aliphatic heterocycles. The lowest BCUT2D eigenvalue weighted by atomic mass is 10.0. The summed E-state index contributed by atoms with van der Waals surface area (Å²) in [6.07, 6.45) is 0.699. The van der Waals surface area contributed by atoms with E-state index in [2.05, 4.69) is 26.0 Å². The number of carbonyl (C=O) groups excluding carboxylic acids is 1. The standard InChI is InChI=1S/C28H28N2O3/c1-4-29(23-12-14-24(31)15-13-23)27(32)25-18-22-9-5-6-11-26(22)30(28(25)33)17-16-21-10-7-8-19(2)20(21)3/h5-15,18,31H,4,16-17H2,1-3H3. The van der Waals surface area contributed by atoms with Gasteiger partial charge in [-0.2, -0.15) is 0 Å². The average molecular weight is 441 g/mol. The van der Waals surface area contributed by atoms with Gasteiger partial charge in [0.15, 0.2) is 0 Å². The van der Waals surface area contributed by atoms with Gasteiger partial charge in [0.1, 0.15) is 11.3 Å². The van der Waals surface area contributed by atoms with E-state index in [0.717, 1.165) is 10.9 Å². The lowest BCUT2D eigenvalue weighted by molar-refractivity contribution is 0.0986. The van der Waals surface area contributed by atoms with E-state index in [1.165, 1.54) is 28.8 Å². The van der Waals surface area contributed by atoms with Crippen molar-refractivity contribution in [1.82, 2.24) is 4.57 Å². The first-order valence-electron chi connectivity index (χ1n) is 11.2. The number of hydrogen-bond donors (Lipinski definition) is 1. The summed E-state index contributed by atoms with van der Waals surface area (Å²) in [7, 11) is 0. The van der Waals surface area contributed by atoms with Crippen molar-refractivity contribution in [2.75, 3.05) is 11.4 Å². The smallest absolute Gasteiger partial charge is 0.263 e. The Morgan fingerprint density at radius 2 is 1.70 bits per heavy atom. The molecule has 0 unspecified atom stereocenters. The number of phenols is 1. The Kier molecular flexibility index (Phi) is 6.31. The molecule has 1 amide bonds. The molecule has 3 aromatic carbocycles. The second-order valence-electron chi connectivity index (χ2n) is 8.25. The van der Waals surface area contributed by atoms with Crippen LogP contribution in [0.25, 0.3) is 10.9 Å². The molecule has 1 aromatic heterocycles. The highest BCUT2D eigenvalue weighted by molar-refractivity contribution is 6.07. The number of pyridine rings is 1. The zero-order valence-electron chi connectivity index (χ0n) is 19.2. The molecule has 4 aromatic rings. The maximum Gasteiger partial charge on any atom is 0.263 e. The van der Waals surface area contributed by atoms with Crippen LogP contribution in [0.2, 0.25) is 0 Å². The number of phenolic OH excluding ortho intramolecular Hbond substituents is 1. The summed E-state index contributed by atoms with van der Waals surface area (Å²) in [5, 5.41) is 10.4. The minimum atomic E-state index is -0.348. The van der Waals surface area contributed by atoms with Crippen LogP contribution in [0.3, 0.4) is 0 Å². The van der Waals surface area contributed by atoms with Gasteiger partial charge in [0.05, 0.1) is 5.52 Å². The van der Waals surface area contributed by atoms with Crippen molar-refractivity contribution in [2.45, 2.75) is 33.7 Å². The van der Waals surface area contributed by atoms with Crippen LogP contribution in [0.4, 0.5) is 5.69 Å². The number of fused-ring (bicyclic) bond motifs is 1. The number of anilines is 1. The molecule has 1 N–H and O–H groups in total. The van der Waals surface area contributed by atoms with Crippen LogP contribution in [0.15, 0.2) is 77.6 Å². The molecule has 0 atom stereocenters. The van der Waals surface area contributed by atoms with Gasteiger partial charge in [-0.15, -0.1) is 0 Å². The molecule has 0 saturated heterocycles. The predicted molar refractivity (Wildman–Crippen MR) is 133 cm³/mol. The third-order valence-electron chi connectivity index (χ3n) is 6.28. The average Bonchev–Trinajstić information content (AvgIpc) is 2.82. The van der Waals surface area contributed by atoms with Gasteiger partial charge in [0.2, 0.25) is 0 Å². The van der Waals surface area contributed by atoms with Crippen molar-refractivity contribution in [2.24, 2.45) is 0 Å². The van der Waals surface area contributed by atoms with E-state index in [-0.39, 0.29) is 22.8 Å². The molecule has 0 saturated carbocycles. The predicted octanol–water partition coefficient (Wildman–Crippen LogP) is 5.23. The van der Waals surface area contributed by atoms with E-state index in [0.29, 0.717) is 25.2 Å². The zero-order valence-corrected chi connectivity index (χ0v) is 19.2. The topological polar surface area (TPSA) is 62.5 Å². The summed E-state index contributed by atoms with van der Waals surface area (Å²) in [6, 6.07) is 22.0. The zero-order chi connectivity index (χ0) is 23.5. The minimum absolute atomic E-state index is 0.127. The third-order valence-corrected chi connectivity index (χ3v) is 6.28. The van der Waals surface area contributed by atoms with E-state index in [4.69, 9.17) is 0 Å². The molecule has 0 aliphatic rings. The molecule has 0 fully saturated rings. The van der Waals surface area contributed by atoms with Gasteiger partial charge in [-0.25, -0.2) is 0 Å². The number of hydrogen-bond acceptors (Lipinski definition) is 3. The summed E-state index contributed by atoms with van der Waals surface area (Å²) in [4.78, 5) is 28.6. The maximum atomic E-state index is 13.6. The van der Waals surface area contributed by atoms with Gasteiger partial charge in [0, 0.05) is 18.8 Å². The fourth-order valence-corrected chi connectivity index (χ4v) is 4.24. The second kappa shape index (κ2) is 9.33. The van der Waals surface area contributed by atoms with Crippen LogP contribution in [-0.2, 0) is 13.0 Å². The number of carbonyl (C=O) groups is 1. The van der Waals surface area contributed by atoms with Crippen LogP contribution >= 0.6 is 0 Å². The summed E-state index contributed by atoms with van der Waals surface area (Å²) < 4.78 is 1.72. The van der Waals surface area contributed by atoms with Crippen molar-refractivity contribution in [1.29, 1.82) is 0 Å². The lowest BCUT2D eigenvalue weighted by Crippen LogP contribution is -2.37. The first kappa shape index (κ1) is 22.3. The normalized spacial score (nSPS) is 11.0. The van der Waals surface area contributed by atoms with E-state index in [1.54, 1.807) is 27.7 Å². The molecule has 33 heavy (non-hydrogen) atoms. The van der Waals surface area contributed by atoms with Crippen LogP contribution in [0.5, 0.6) is 5.75 Å². The highest BCUT2D eigenvalue weighted by Crippen LogP contribution is 2.22. The largest absolute Gasteiger partial charge is 0.508 e. The Morgan fingerprint density at radius 3 is 2.42 bits per heavy atom. The number of para-hydroxylation sites is 1. The molecule has 0 aliphatic carbocycles. The number of aryl methyl sites for hydroxylation is 3. The van der Waals surface area contributed by atoms with Gasteiger partial charge in [-0.1, -0.05) is 36.4 Å². The molecule has 168 valence electrons. The Morgan fingerprint density at radius 1 is 0.970 bits per heavy atom. The Bertz CT molecular complexity index is 1370. The number of rotatable bonds is 6. The summed E-state index contributed by atoms with van der Waals surface area (Å²) in [5.41, 5.74) is 4.95. The fraction of sp³-hybridized carbons (Fsp3) is 0.214. The van der Waals surface area contributed by atoms with Crippen molar-refractivity contribution in [3.8, 4) is 5.75 Å². The Hall–Kier alpha value is -3.86. The fourth-order valence-electron chi connectivity index (χ4n) is 4.24. The molecular weight excluding hydrogens is 412 g/mol. The number of nitrogens with zero attached hydrogens (tertiary/aromatic N) is 2. The molecule has 5 heteroatoms. The Labute approximate surface area is 193 Å². The van der Waals surface area contributed by atoms with Crippen LogP contribution in [0, 0.1) is 13.8 Å². The quantitative estimate of drug-likeness (QED) is 0.446. The first-order valence-corrected chi connectivity index (χ1v) is 11.2. The van der Waals surface area contributed by atoms with Crippen molar-refractivity contribution in [3.05, 3.63) is 105 Å². The third kappa shape index (κ3) is 4.40. The molecule has 1 heterocycles. The first-order chi connectivity index (χ1) is 15.9. The molecule has 0 bridgehead atoms. The van der Waals surface area contributed by atoms with Crippen molar-refractivity contribution < 1.29 is 9.90 Å². The van der Waals surface area contributed by atoms with E-state index < -0.39 is 0 Å². The highest BCUT2D eigenvalue weighted by atomic mass is 16.3. The van der Waals surface area contributed by atoms with Crippen LogP contribution < -0.4 is 10.5 Å². The van der Waals surface area contributed by atoms with Gasteiger partial charge in [-0.3, -0.25) is 9.59 Å². The molecule has 5 nitrogen and oxygen atoms in total. The number of amides is 1. The molecular formula is C28H28N2O3. The Balaban J connectivity index is 1.77. The van der Waals surface area contributed by atoms with Gasteiger partial charge >= 0.3 is 0 Å². The minimum Gasteiger partial charge on any atom is -0.508 e. The monoisotopic (exact) mass is 440 g/mol. The number of benzene rings is 3. The van der Waals surface area contributed by atoms with Gasteiger partial charge < -0.3 is 14.6 Å². The van der Waals surface area contributed by atoms with Crippen LogP contribution in [-0.4, -0.2) is 22.1 Å². The van der Waals surface area contributed by atoms with Gasteiger partial charge in [0.25, 0.3) is 11.5 Å². The van der Waals surface area contributed by atoms with E-state index in [9.17, 15) is 14.7 Å². The SMILES string of the molecule is CCN(C(=O)c1cc2ccccc2n(CCc2cccc(C)c2C)c1=O)c1ccc(O)cc1. The van der Waals surface area contributed by atoms with Crippen molar-refractivity contribution in [3.63, 3.8) is 0 Å². The molecule has 4 rings (SSSR count). The number of aromatic nitrogens is 1. The second-order valence-corrected chi connectivity index (χ2v) is 8.25. The van der Waals surface area contributed by atoms with Crippen molar-refractivity contribution >= 4 is 22.5 Å². The lowest BCUT2D eigenvalue weighted by Gasteiger charge is -2.22. The van der Waals surface area contributed by atoms with Gasteiger partial charge in [-0.05, 0) is 85.7 Å². The number of aromatic hydroxyl groups is 1. The summed E-state index contributed by atoms with van der Waals surface area (Å²) in [5.74, 6) is -0.221. The maximum absolute atomic E-state index is 13.6. The summed E-state index contributed by atoms with van der Waals surface area (Å²) in [6.45, 7) is 6.93. The van der Waals surface area contributed by atoms with E-state index >= 15 is 0 Å². The van der Waals surface area contributed by atoms with E-state index in [1.807, 2.05) is 37.3 Å².